The molecule has 1 atom stereocenters. The Hall–Kier alpha value is -3.76. The van der Waals surface area contributed by atoms with Gasteiger partial charge in [0.1, 0.15) is 6.17 Å². The van der Waals surface area contributed by atoms with Gasteiger partial charge in [-0.2, -0.15) is 0 Å². The minimum atomic E-state index is -0.743. The molecule has 0 spiro atoms. The summed E-state index contributed by atoms with van der Waals surface area (Å²) in [7, 11) is 1.57. The Morgan fingerprint density at radius 1 is 1.14 bits per heavy atom. The molecule has 2 aromatic carbocycles. The lowest BCUT2D eigenvalue weighted by molar-refractivity contribution is 0.0382. The highest BCUT2D eigenvalue weighted by Crippen LogP contribution is 2.29. The largest absolute Gasteiger partial charge is 0.449 e. The van der Waals surface area contributed by atoms with E-state index in [2.05, 4.69) is 5.32 Å². The van der Waals surface area contributed by atoms with E-state index in [1.165, 1.54) is 4.90 Å². The Morgan fingerprint density at radius 3 is 2.54 bits per heavy atom. The van der Waals surface area contributed by atoms with Gasteiger partial charge in [0, 0.05) is 48.6 Å². The fourth-order valence-corrected chi connectivity index (χ4v) is 4.37. The number of amides is 3. The van der Waals surface area contributed by atoms with Crippen molar-refractivity contribution in [2.24, 2.45) is 5.73 Å². The highest BCUT2D eigenvalue weighted by Gasteiger charge is 2.31. The van der Waals surface area contributed by atoms with Crippen LogP contribution < -0.4 is 11.1 Å². The average Bonchev–Trinajstić information content (AvgIpc) is 2.91. The molecule has 0 aliphatic carbocycles. The normalized spacial score (nSPS) is 15.5. The number of piperazine rings is 1. The van der Waals surface area contributed by atoms with Crippen molar-refractivity contribution in [1.29, 1.82) is 0 Å². The van der Waals surface area contributed by atoms with Crippen LogP contribution in [0.25, 0.3) is 22.2 Å². The van der Waals surface area contributed by atoms with Crippen LogP contribution in [0.1, 0.15) is 27.1 Å². The zero-order valence-electron chi connectivity index (χ0n) is 20.2. The van der Waals surface area contributed by atoms with Crippen molar-refractivity contribution in [2.75, 3.05) is 40.0 Å². The molecule has 0 bridgehead atoms. The van der Waals surface area contributed by atoms with E-state index in [1.54, 1.807) is 60.5 Å². The molecule has 1 aromatic heterocycles. The van der Waals surface area contributed by atoms with Crippen LogP contribution in [0.15, 0.2) is 48.5 Å². The smallest absolute Gasteiger partial charge is 0.411 e. The highest BCUT2D eigenvalue weighted by atomic mass is 35.5. The number of nitrogens with zero attached hydrogens (tertiary/aromatic N) is 3. The lowest BCUT2D eigenvalue weighted by Gasteiger charge is -2.38. The second-order valence-corrected chi connectivity index (χ2v) is 8.95. The molecule has 3 aromatic rings. The Morgan fingerprint density at radius 2 is 1.86 bits per heavy atom. The Kier molecular flexibility index (Phi) is 8.20. The van der Waals surface area contributed by atoms with Crippen LogP contribution in [-0.2, 0) is 4.74 Å². The van der Waals surface area contributed by atoms with Gasteiger partial charge in [-0.3, -0.25) is 18.9 Å². The molecule has 1 saturated heterocycles. The van der Waals surface area contributed by atoms with E-state index in [1.807, 2.05) is 0 Å². The molecule has 1 aliphatic rings. The SMILES string of the molecule is CNC(=O)c1ccc(-c2cc(Cl)c3ccc(C(=O)N4CCN(C(=O)OCCCF)[C@H](N)C4)cc3n2)cc1. The predicted molar refractivity (Wildman–Crippen MR) is 138 cm³/mol. The van der Waals surface area contributed by atoms with E-state index >= 15 is 0 Å². The number of rotatable bonds is 6. The van der Waals surface area contributed by atoms with E-state index < -0.39 is 18.9 Å². The Labute approximate surface area is 218 Å². The maximum Gasteiger partial charge on any atom is 0.411 e. The van der Waals surface area contributed by atoms with Gasteiger partial charge in [0.05, 0.1) is 36.1 Å². The minimum absolute atomic E-state index is 0.0198. The molecule has 4 rings (SSSR count). The van der Waals surface area contributed by atoms with Gasteiger partial charge < -0.3 is 20.7 Å². The van der Waals surface area contributed by atoms with E-state index in [0.29, 0.717) is 32.7 Å². The van der Waals surface area contributed by atoms with Crippen molar-refractivity contribution in [3.05, 3.63) is 64.7 Å². The number of alkyl halides is 1. The van der Waals surface area contributed by atoms with Gasteiger partial charge in [0.2, 0.25) is 0 Å². The number of halogens is 2. The quantitative estimate of drug-likeness (QED) is 0.474. The van der Waals surface area contributed by atoms with Crippen molar-refractivity contribution in [3.63, 3.8) is 0 Å². The molecule has 1 aliphatic heterocycles. The number of hydrogen-bond donors (Lipinski definition) is 2. The molecule has 37 heavy (non-hydrogen) atoms. The summed E-state index contributed by atoms with van der Waals surface area (Å²) in [4.78, 5) is 44.8. The van der Waals surface area contributed by atoms with Gasteiger partial charge in [-0.25, -0.2) is 9.78 Å². The molecular formula is C26H27ClFN5O4. The van der Waals surface area contributed by atoms with Gasteiger partial charge in [-0.1, -0.05) is 29.8 Å². The number of aromatic nitrogens is 1. The summed E-state index contributed by atoms with van der Waals surface area (Å²) >= 11 is 6.52. The van der Waals surface area contributed by atoms with Crippen LogP contribution in [0.3, 0.4) is 0 Å². The molecule has 11 heteroatoms. The van der Waals surface area contributed by atoms with Gasteiger partial charge >= 0.3 is 6.09 Å². The maximum absolute atomic E-state index is 13.2. The fraction of sp³-hybridized carbons (Fsp3) is 0.308. The van der Waals surface area contributed by atoms with Crippen molar-refractivity contribution in [3.8, 4) is 11.3 Å². The first-order valence-corrected chi connectivity index (χ1v) is 12.2. The summed E-state index contributed by atoms with van der Waals surface area (Å²) < 4.78 is 17.3. The number of carbonyl (C=O) groups excluding carboxylic acids is 3. The molecule has 0 radical (unpaired) electrons. The van der Waals surface area contributed by atoms with E-state index in [-0.39, 0.29) is 44.5 Å². The summed E-state index contributed by atoms with van der Waals surface area (Å²) in [6, 6.07) is 13.8. The monoisotopic (exact) mass is 527 g/mol. The third kappa shape index (κ3) is 5.81. The molecule has 2 heterocycles. The molecular weight excluding hydrogens is 501 g/mol. The van der Waals surface area contributed by atoms with Crippen molar-refractivity contribution < 1.29 is 23.5 Å². The fourth-order valence-electron chi connectivity index (χ4n) is 4.10. The Balaban J connectivity index is 1.52. The second kappa shape index (κ2) is 11.5. The van der Waals surface area contributed by atoms with Gasteiger partial charge in [0.15, 0.2) is 0 Å². The predicted octanol–water partition coefficient (Wildman–Crippen LogP) is 3.45. The number of hydrogen-bond acceptors (Lipinski definition) is 6. The van der Waals surface area contributed by atoms with Crippen molar-refractivity contribution in [2.45, 2.75) is 12.6 Å². The summed E-state index contributed by atoms with van der Waals surface area (Å²) in [5.41, 5.74) is 8.98. The lowest BCUT2D eigenvalue weighted by atomic mass is 10.1. The van der Waals surface area contributed by atoms with Crippen LogP contribution >= 0.6 is 11.6 Å². The Bertz CT molecular complexity index is 1320. The number of carbonyl (C=O) groups is 3. The number of nitrogens with one attached hydrogen (secondary N) is 1. The lowest BCUT2D eigenvalue weighted by Crippen LogP contribution is -2.60. The minimum Gasteiger partial charge on any atom is -0.449 e. The number of ether oxygens (including phenoxy) is 1. The number of fused-ring (bicyclic) bond motifs is 1. The van der Waals surface area contributed by atoms with Gasteiger partial charge in [-0.15, -0.1) is 0 Å². The van der Waals surface area contributed by atoms with Gasteiger partial charge in [-0.05, 0) is 30.3 Å². The topological polar surface area (TPSA) is 118 Å². The third-order valence-electron chi connectivity index (χ3n) is 6.12. The molecule has 194 valence electrons. The maximum atomic E-state index is 13.2. The number of nitrogens with two attached hydrogens (primary N) is 1. The first-order chi connectivity index (χ1) is 17.8. The van der Waals surface area contributed by atoms with Crippen LogP contribution in [0.5, 0.6) is 0 Å². The van der Waals surface area contributed by atoms with E-state index in [9.17, 15) is 18.8 Å². The third-order valence-corrected chi connectivity index (χ3v) is 6.43. The molecule has 0 saturated carbocycles. The van der Waals surface area contributed by atoms with Crippen molar-refractivity contribution >= 4 is 40.4 Å². The number of benzene rings is 2. The zero-order valence-corrected chi connectivity index (χ0v) is 21.0. The average molecular weight is 528 g/mol. The van der Waals surface area contributed by atoms with Crippen LogP contribution in [0.2, 0.25) is 5.02 Å². The summed E-state index contributed by atoms with van der Waals surface area (Å²) in [5.74, 6) is -0.436. The first-order valence-electron chi connectivity index (χ1n) is 11.8. The zero-order chi connectivity index (χ0) is 26.5. The summed E-state index contributed by atoms with van der Waals surface area (Å²) in [5, 5.41) is 3.76. The molecule has 0 unspecified atom stereocenters. The summed E-state index contributed by atoms with van der Waals surface area (Å²) in [6.45, 7) is 0.0118. The standard InChI is InChI=1S/C26H27ClFN5O4/c1-30-24(34)17-5-3-16(4-6-17)21-14-20(27)19-8-7-18(13-22(19)31-21)25(35)32-10-11-33(23(29)15-32)26(36)37-12-2-9-28/h3-8,13-14,23H,2,9-12,15,29H2,1H3,(H,30,34)/t23-/m0/s1. The van der Waals surface area contributed by atoms with E-state index in [4.69, 9.17) is 27.1 Å². The van der Waals surface area contributed by atoms with Crippen molar-refractivity contribution in [1.82, 2.24) is 20.1 Å². The molecule has 3 amide bonds. The van der Waals surface area contributed by atoms with Crippen LogP contribution in [0, 0.1) is 0 Å². The molecule has 1 fully saturated rings. The second-order valence-electron chi connectivity index (χ2n) is 8.55. The first kappa shape index (κ1) is 26.3. The van der Waals surface area contributed by atoms with Gasteiger partial charge in [0.25, 0.3) is 11.8 Å². The highest BCUT2D eigenvalue weighted by molar-refractivity contribution is 6.35. The van der Waals surface area contributed by atoms with Crippen LogP contribution in [-0.4, -0.2) is 78.8 Å². The molecule has 3 N–H and O–H groups in total. The number of pyridine rings is 1. The van der Waals surface area contributed by atoms with Crippen LogP contribution in [0.4, 0.5) is 9.18 Å². The molecule has 9 nitrogen and oxygen atoms in total. The van der Waals surface area contributed by atoms with E-state index in [0.717, 1.165) is 5.56 Å². The summed E-state index contributed by atoms with van der Waals surface area (Å²) in [6.07, 6.45) is -1.23.